The number of benzene rings is 2. The summed E-state index contributed by atoms with van der Waals surface area (Å²) in [7, 11) is 5.60. The lowest BCUT2D eigenvalue weighted by molar-refractivity contribution is -0.160. The maximum atomic E-state index is 14.0. The molecule has 1 aromatic rings. The Morgan fingerprint density at radius 3 is 2.33 bits per heavy atom. The summed E-state index contributed by atoms with van der Waals surface area (Å²) in [6.45, 7) is 14.6. The zero-order chi connectivity index (χ0) is 48.1. The topological polar surface area (TPSA) is 214 Å². The first-order valence-corrected chi connectivity index (χ1v) is 22.6. The Morgan fingerprint density at radius 2 is 1.68 bits per heavy atom. The number of hydrogen-bond donors (Lipinski definition) is 5. The Bertz CT molecular complexity index is 2740. The number of hydrogen-bond acceptors (Lipinski definition) is 15. The van der Waals surface area contributed by atoms with Crippen LogP contribution in [0.1, 0.15) is 72.4 Å². The number of methoxy groups -OCH3 is 1. The predicted octanol–water partition coefficient (Wildman–Crippen LogP) is 3.79. The van der Waals surface area contributed by atoms with E-state index in [2.05, 4.69) is 29.2 Å². The van der Waals surface area contributed by atoms with Crippen LogP contribution in [0.2, 0.25) is 0 Å². The van der Waals surface area contributed by atoms with Gasteiger partial charge in [-0.3, -0.25) is 14.4 Å². The number of aliphatic hydroxyl groups is 3. The third-order valence-corrected chi connectivity index (χ3v) is 14.1. The fraction of sp³-hybridized carbons (Fsp3) is 0.520. The van der Waals surface area contributed by atoms with Crippen molar-refractivity contribution < 1.29 is 53.4 Å². The molecule has 5 bridgehead atoms. The van der Waals surface area contributed by atoms with Crippen molar-refractivity contribution in [2.75, 3.05) is 39.2 Å². The molecule has 0 spiro atoms. The summed E-state index contributed by atoms with van der Waals surface area (Å²) in [6, 6.07) is 3.75. The van der Waals surface area contributed by atoms with Gasteiger partial charge in [-0.2, -0.15) is 0 Å². The van der Waals surface area contributed by atoms with Crippen LogP contribution >= 0.6 is 0 Å². The lowest BCUT2D eigenvalue weighted by Crippen LogP contribution is -2.46. The number of esters is 1. The van der Waals surface area contributed by atoms with Crippen LogP contribution in [0, 0.1) is 41.2 Å². The van der Waals surface area contributed by atoms with Crippen LogP contribution < -0.4 is 31.0 Å². The van der Waals surface area contributed by atoms with E-state index in [1.807, 2.05) is 0 Å². The number of aliphatic hydroxyl groups excluding tert-OH is 3. The number of aromatic nitrogens is 1. The normalized spacial score (nSPS) is 30.1. The Labute approximate surface area is 384 Å². The average molecular weight is 913 g/mol. The predicted molar refractivity (Wildman–Crippen MR) is 247 cm³/mol. The van der Waals surface area contributed by atoms with E-state index in [0.717, 1.165) is 25.9 Å². The van der Waals surface area contributed by atoms with Gasteiger partial charge >= 0.3 is 11.8 Å². The minimum atomic E-state index is -1.86. The third kappa shape index (κ3) is 8.95. The molecule has 356 valence electrons. The molecular formula is C50H64N4O12. The summed E-state index contributed by atoms with van der Waals surface area (Å²) in [5.74, 6) is -5.53. The molecular weight excluding hydrogens is 849 g/mol. The van der Waals surface area contributed by atoms with E-state index in [0.29, 0.717) is 22.9 Å². The van der Waals surface area contributed by atoms with Crippen molar-refractivity contribution in [1.82, 2.24) is 15.2 Å². The lowest BCUT2D eigenvalue weighted by atomic mass is 9.78. The highest BCUT2D eigenvalue weighted by Crippen LogP contribution is 2.40. The van der Waals surface area contributed by atoms with Gasteiger partial charge in [-0.25, -0.2) is 4.98 Å². The first-order valence-electron chi connectivity index (χ1n) is 22.6. The number of ether oxygens (including phenoxy) is 4. The first-order chi connectivity index (χ1) is 31.2. The molecule has 66 heavy (non-hydrogen) atoms. The number of amides is 1. The van der Waals surface area contributed by atoms with Crippen molar-refractivity contribution in [2.24, 2.45) is 23.7 Å². The van der Waals surface area contributed by atoms with Gasteiger partial charge < -0.3 is 58.9 Å². The minimum Gasteiger partial charge on any atom is -0.507 e. The quantitative estimate of drug-likeness (QED) is 0.236. The number of rotatable bonds is 4. The fourth-order valence-corrected chi connectivity index (χ4v) is 9.81. The number of carbonyl (C=O) groups is 2. The van der Waals surface area contributed by atoms with Gasteiger partial charge in [-0.1, -0.05) is 45.9 Å². The Hall–Kier alpha value is -5.68. The second-order valence-electron chi connectivity index (χ2n) is 18.8. The molecule has 1 amide bonds. The van der Waals surface area contributed by atoms with Crippen LogP contribution in [-0.4, -0.2) is 113 Å². The van der Waals surface area contributed by atoms with E-state index < -0.39 is 71.2 Å². The van der Waals surface area contributed by atoms with Crippen molar-refractivity contribution >= 4 is 29.0 Å². The van der Waals surface area contributed by atoms with E-state index in [9.17, 15) is 34.8 Å². The standard InChI is InChI=1S/C50H64N4O12/c1-24-13-12-14-25(2)49(61)51-34-23-33-38(41-47(34)65-37-22-32(21-35(56)40(37)52-41)54-18-15-31(16-19-54)53(9)10)39-46(29(6)44(33)59)66-50(8,48(39)60)63-20-17-36(62-11)26(3)45(64-30(7)55)28(5)43(58)27(4)42(24)57/h12-14,17,20-22,24,26-28,31,36,42-43,45,57-60H,15-16,18-19,23H2,1-11H3,(H,51,61)/b13-12-,20-17?,25-14-/t24-,26+,27+,28+,36-,42-,43+,45+,50-/m0/s1. The van der Waals surface area contributed by atoms with Gasteiger partial charge in [0.2, 0.25) is 5.43 Å². The third-order valence-electron chi connectivity index (χ3n) is 14.1. The van der Waals surface area contributed by atoms with Gasteiger partial charge in [0.05, 0.1) is 35.5 Å². The Balaban J connectivity index is 1.45. The van der Waals surface area contributed by atoms with E-state index in [4.69, 9.17) is 28.3 Å². The monoisotopic (exact) mass is 912 g/mol. The summed E-state index contributed by atoms with van der Waals surface area (Å²) in [5.41, 5.74) is 1.57. The van der Waals surface area contributed by atoms with Crippen LogP contribution in [0.15, 0.2) is 57.5 Å². The summed E-state index contributed by atoms with van der Waals surface area (Å²) >= 11 is 0. The smallest absolute Gasteiger partial charge is 0.307 e. The number of anilines is 1. The van der Waals surface area contributed by atoms with Crippen molar-refractivity contribution in [3.63, 3.8) is 0 Å². The number of phenolic OH excluding ortho intramolecular Hbond substituents is 1. The van der Waals surface area contributed by atoms with E-state index in [1.54, 1.807) is 78.0 Å². The van der Waals surface area contributed by atoms with Crippen LogP contribution in [0.5, 0.6) is 11.5 Å². The number of fused-ring (bicyclic) bond motifs is 4. The number of carbonyl (C=O) groups excluding carboxylic acids is 2. The molecule has 16 heteroatoms. The van der Waals surface area contributed by atoms with Gasteiger partial charge in [0.1, 0.15) is 23.0 Å². The fourth-order valence-electron chi connectivity index (χ4n) is 9.81. The average Bonchev–Trinajstić information content (AvgIpc) is 3.55. The van der Waals surface area contributed by atoms with Gasteiger partial charge in [0.25, 0.3) is 5.91 Å². The lowest BCUT2D eigenvalue weighted by Gasteiger charge is -2.38. The van der Waals surface area contributed by atoms with Crippen molar-refractivity contribution in [3.8, 4) is 23.0 Å². The molecule has 0 unspecified atom stereocenters. The van der Waals surface area contributed by atoms with Crippen LogP contribution in [-0.2, 0) is 30.2 Å². The maximum Gasteiger partial charge on any atom is 0.307 e. The molecule has 0 saturated carbocycles. The molecule has 16 nitrogen and oxygen atoms in total. The Morgan fingerprint density at radius 1 is 0.985 bits per heavy atom. The highest BCUT2D eigenvalue weighted by molar-refractivity contribution is 5.97. The largest absolute Gasteiger partial charge is 0.507 e. The summed E-state index contributed by atoms with van der Waals surface area (Å²) in [6.07, 6.45) is 5.86. The Kier molecular flexibility index (Phi) is 13.8. The number of piperidine rings is 1. The molecule has 6 aliphatic rings. The molecule has 1 fully saturated rings. The second kappa shape index (κ2) is 18.9. The van der Waals surface area contributed by atoms with Crippen LogP contribution in [0.25, 0.3) is 22.9 Å². The molecule has 2 aliphatic carbocycles. The van der Waals surface area contributed by atoms with Crippen molar-refractivity contribution in [3.05, 3.63) is 90.8 Å². The number of nitrogens with zero attached hydrogens (tertiary/aromatic N) is 3. The van der Waals surface area contributed by atoms with Gasteiger partial charge in [0.15, 0.2) is 22.6 Å². The number of nitrogens with one attached hydrogen (secondary N) is 1. The molecule has 0 radical (unpaired) electrons. The number of phenols is 1. The van der Waals surface area contributed by atoms with E-state index >= 15 is 0 Å². The van der Waals surface area contributed by atoms with E-state index in [-0.39, 0.29) is 67.6 Å². The molecule has 1 aromatic carbocycles. The first kappa shape index (κ1) is 48.3. The van der Waals surface area contributed by atoms with Crippen molar-refractivity contribution in [2.45, 2.75) is 111 Å². The second-order valence-corrected chi connectivity index (χ2v) is 18.8. The molecule has 7 rings (SSSR count). The molecule has 4 aliphatic heterocycles. The maximum absolute atomic E-state index is 14.0. The van der Waals surface area contributed by atoms with Crippen LogP contribution in [0.4, 0.5) is 5.69 Å². The van der Waals surface area contributed by atoms with Crippen LogP contribution in [0.3, 0.4) is 0 Å². The number of allylic oxidation sites excluding steroid dienone is 2. The summed E-state index contributed by atoms with van der Waals surface area (Å²) < 4.78 is 30.8. The SMILES string of the molecule is CO[C@H]1C=CO[C@@]2(C)Oc3c(C)c(O)c4c(c3=C2O)=c2nc3c(=O)cc(N5CCC(N(C)C)CC5)cc-3oc2=C(C4)NC(=O)/C(C)=C\C=C/[C@H](C)[C@H](O)[C@@H](C)[C@@H](O)[C@@H](C)[C@H](OC(C)=O)[C@@H]1C. The minimum absolute atomic E-state index is 0.0157. The van der Waals surface area contributed by atoms with E-state index in [1.165, 1.54) is 27.2 Å². The summed E-state index contributed by atoms with van der Waals surface area (Å²) in [5, 5.41) is 50.7. The summed E-state index contributed by atoms with van der Waals surface area (Å²) in [4.78, 5) is 49.8. The highest BCUT2D eigenvalue weighted by atomic mass is 16.7. The molecule has 0 aromatic heterocycles. The van der Waals surface area contributed by atoms with Gasteiger partial charge in [0, 0.05) is 110 Å². The van der Waals surface area contributed by atoms with Gasteiger partial charge in [-0.05, 0) is 46.9 Å². The van der Waals surface area contributed by atoms with Gasteiger partial charge in [-0.15, -0.1) is 0 Å². The molecule has 5 N–H and O–H groups in total. The number of aromatic hydroxyl groups is 1. The van der Waals surface area contributed by atoms with Crippen molar-refractivity contribution in [1.29, 1.82) is 0 Å². The highest BCUT2D eigenvalue weighted by Gasteiger charge is 2.44. The zero-order valence-electron chi connectivity index (χ0n) is 39.7. The zero-order valence-corrected chi connectivity index (χ0v) is 39.7. The molecule has 9 atom stereocenters. The molecule has 4 heterocycles. The molecule has 1 saturated heterocycles.